The van der Waals surface area contributed by atoms with Gasteiger partial charge in [0.1, 0.15) is 28.7 Å². The van der Waals surface area contributed by atoms with Crippen molar-refractivity contribution in [2.45, 2.75) is 44.4 Å². The lowest BCUT2D eigenvalue weighted by atomic mass is 10.2. The number of thioether (sulfide) groups is 1. The molecule has 210 valence electrons. The fraction of sp³-hybridized carbons (Fsp3) is 0.333. The Morgan fingerprint density at radius 2 is 1.67 bits per heavy atom. The molecule has 0 aromatic heterocycles. The molecule has 0 unspecified atom stereocenters. The number of ether oxygens (including phenoxy) is 3. The van der Waals surface area contributed by atoms with Gasteiger partial charge in [-0.1, -0.05) is 24.3 Å². The van der Waals surface area contributed by atoms with Crippen LogP contribution in [0.25, 0.3) is 0 Å². The van der Waals surface area contributed by atoms with Gasteiger partial charge in [-0.15, -0.1) is 10.1 Å². The Kier molecular flexibility index (Phi) is 20.5. The van der Waals surface area contributed by atoms with Gasteiger partial charge in [-0.05, 0) is 74.8 Å². The summed E-state index contributed by atoms with van der Waals surface area (Å²) in [4.78, 5) is 48.6. The molecule has 0 atom stereocenters. The number of methoxy groups -OCH3 is 1. The number of nitriles is 1. The topological polar surface area (TPSA) is 155 Å². The van der Waals surface area contributed by atoms with Gasteiger partial charge in [0, 0.05) is 25.0 Å². The van der Waals surface area contributed by atoms with Gasteiger partial charge in [-0.2, -0.15) is 5.26 Å². The molecule has 39 heavy (non-hydrogen) atoms. The van der Waals surface area contributed by atoms with Gasteiger partial charge < -0.3 is 23.8 Å². The van der Waals surface area contributed by atoms with Crippen LogP contribution in [0.15, 0.2) is 65.6 Å². The SMILES string of the molecule is C/C=C\C.COCCCCO[N+](=O)[O-].N#CSc1ccc(OC(=O)c2ccccc2OC(=O)CCC=O)cc1. The average molecular weight is 561 g/mol. The maximum absolute atomic E-state index is 12.3. The molecular weight excluding hydrogens is 528 g/mol. The van der Waals surface area contributed by atoms with Crippen LogP contribution in [0, 0.1) is 20.8 Å². The third-order valence-corrected chi connectivity index (χ3v) is 4.87. The standard InChI is InChI=1S/C18H13NO5S.C5H11NO4.C4H8/c19-12-25-14-9-7-13(8-10-14)23-18(22)15-4-1-2-5-16(15)24-17(21)6-3-11-20;1-9-4-2-3-5-10-6(7)8;1-3-4-2/h1-2,4-5,7-11H,3,6H2;2-5H2,1H3;3-4H,1-2H3/b;;4-3-. The van der Waals surface area contributed by atoms with E-state index in [0.29, 0.717) is 25.1 Å². The second-order valence-electron chi connectivity index (χ2n) is 7.15. The fourth-order valence-electron chi connectivity index (χ4n) is 2.35. The number of para-hydroxylation sites is 1. The molecule has 0 bridgehead atoms. The molecular formula is C27H32N2O9S. The molecule has 0 aliphatic rings. The van der Waals surface area contributed by atoms with Crippen LogP contribution in [0.4, 0.5) is 0 Å². The molecule has 0 aliphatic heterocycles. The molecule has 2 rings (SSSR count). The number of hydrogen-bond donors (Lipinski definition) is 0. The highest BCUT2D eigenvalue weighted by Gasteiger charge is 2.17. The molecule has 12 heteroatoms. The number of esters is 2. The smallest absolute Gasteiger partial charge is 0.347 e. The minimum atomic E-state index is -0.785. The number of aldehydes is 1. The first kappa shape index (κ1) is 34.8. The second-order valence-corrected chi connectivity index (χ2v) is 8.01. The highest BCUT2D eigenvalue weighted by Crippen LogP contribution is 2.24. The Morgan fingerprint density at radius 3 is 2.23 bits per heavy atom. The molecule has 0 spiro atoms. The summed E-state index contributed by atoms with van der Waals surface area (Å²) in [5, 5.41) is 19.4. The molecule has 2 aromatic rings. The van der Waals surface area contributed by atoms with Crippen molar-refractivity contribution < 1.29 is 38.5 Å². The third kappa shape index (κ3) is 17.8. The summed E-state index contributed by atoms with van der Waals surface area (Å²) in [6.45, 7) is 4.79. The van der Waals surface area contributed by atoms with Gasteiger partial charge in [0.15, 0.2) is 0 Å². The van der Waals surface area contributed by atoms with Gasteiger partial charge in [0.25, 0.3) is 5.09 Å². The van der Waals surface area contributed by atoms with Crippen molar-refractivity contribution in [3.8, 4) is 16.9 Å². The number of hydrogen-bond acceptors (Lipinski definition) is 11. The van der Waals surface area contributed by atoms with Crippen molar-refractivity contribution in [1.82, 2.24) is 0 Å². The fourth-order valence-corrected chi connectivity index (χ4v) is 2.73. The highest BCUT2D eigenvalue weighted by molar-refractivity contribution is 8.03. The van der Waals surface area contributed by atoms with Crippen LogP contribution < -0.4 is 9.47 Å². The number of allylic oxidation sites excluding steroid dienone is 2. The molecule has 2 aromatic carbocycles. The zero-order valence-electron chi connectivity index (χ0n) is 22.1. The van der Waals surface area contributed by atoms with E-state index in [9.17, 15) is 24.5 Å². The quantitative estimate of drug-likeness (QED) is 0.0347. The van der Waals surface area contributed by atoms with Crippen molar-refractivity contribution in [1.29, 1.82) is 5.26 Å². The molecule has 0 radical (unpaired) electrons. The Labute approximate surface area is 231 Å². The lowest BCUT2D eigenvalue weighted by Gasteiger charge is -2.09. The van der Waals surface area contributed by atoms with Gasteiger partial charge in [-0.3, -0.25) is 4.79 Å². The van der Waals surface area contributed by atoms with Crippen molar-refractivity contribution in [3.63, 3.8) is 0 Å². The lowest BCUT2D eigenvalue weighted by Crippen LogP contribution is -2.14. The Morgan fingerprint density at radius 1 is 1.03 bits per heavy atom. The first-order valence-corrected chi connectivity index (χ1v) is 12.6. The number of benzene rings is 2. The van der Waals surface area contributed by atoms with E-state index in [2.05, 4.69) is 4.84 Å². The minimum absolute atomic E-state index is 0.0541. The second kappa shape index (κ2) is 22.9. The minimum Gasteiger partial charge on any atom is -0.426 e. The van der Waals surface area contributed by atoms with E-state index < -0.39 is 17.0 Å². The van der Waals surface area contributed by atoms with Crippen molar-refractivity contribution in [2.24, 2.45) is 0 Å². The van der Waals surface area contributed by atoms with Crippen LogP contribution in [0.3, 0.4) is 0 Å². The molecule has 0 aliphatic carbocycles. The molecule has 11 nitrogen and oxygen atoms in total. The molecule has 0 amide bonds. The van der Waals surface area contributed by atoms with E-state index in [1.165, 1.54) is 12.1 Å². The van der Waals surface area contributed by atoms with Crippen molar-refractivity contribution in [2.75, 3.05) is 20.3 Å². The Bertz CT molecular complexity index is 1080. The van der Waals surface area contributed by atoms with Crippen LogP contribution in [-0.4, -0.2) is 43.6 Å². The summed E-state index contributed by atoms with van der Waals surface area (Å²) in [6.07, 6.45) is 6.07. The summed E-state index contributed by atoms with van der Waals surface area (Å²) in [7, 11) is 1.59. The Hall–Kier alpha value is -4.21. The monoisotopic (exact) mass is 560 g/mol. The summed E-state index contributed by atoms with van der Waals surface area (Å²) in [6, 6.07) is 12.6. The van der Waals surface area contributed by atoms with E-state index in [1.54, 1.807) is 43.5 Å². The molecule has 0 saturated carbocycles. The van der Waals surface area contributed by atoms with Crippen molar-refractivity contribution >= 4 is 30.0 Å². The first-order chi connectivity index (χ1) is 18.8. The van der Waals surface area contributed by atoms with Crippen LogP contribution in [0.5, 0.6) is 11.5 Å². The molecule has 0 N–H and O–H groups in total. The van der Waals surface area contributed by atoms with E-state index in [1.807, 2.05) is 31.4 Å². The molecule has 0 fully saturated rings. The predicted molar refractivity (Wildman–Crippen MR) is 145 cm³/mol. The van der Waals surface area contributed by atoms with E-state index >= 15 is 0 Å². The van der Waals surface area contributed by atoms with Crippen molar-refractivity contribution in [3.05, 3.63) is 76.4 Å². The summed E-state index contributed by atoms with van der Waals surface area (Å²) < 4.78 is 15.1. The lowest BCUT2D eigenvalue weighted by molar-refractivity contribution is -0.757. The van der Waals surface area contributed by atoms with E-state index in [-0.39, 0.29) is 30.8 Å². The van der Waals surface area contributed by atoms with Gasteiger partial charge in [0.2, 0.25) is 0 Å². The summed E-state index contributed by atoms with van der Waals surface area (Å²) in [5.74, 6) is -0.917. The normalized spacial score (nSPS) is 9.59. The van der Waals surface area contributed by atoms with Crippen LogP contribution in [-0.2, 0) is 19.2 Å². The summed E-state index contributed by atoms with van der Waals surface area (Å²) in [5.41, 5.74) is 0.0948. The third-order valence-electron chi connectivity index (χ3n) is 4.27. The number of carbonyl (C=O) groups is 3. The number of rotatable bonds is 13. The zero-order valence-corrected chi connectivity index (χ0v) is 22.9. The summed E-state index contributed by atoms with van der Waals surface area (Å²) >= 11 is 0.998. The maximum Gasteiger partial charge on any atom is 0.347 e. The zero-order chi connectivity index (χ0) is 29.3. The van der Waals surface area contributed by atoms with Crippen LogP contribution >= 0.6 is 11.8 Å². The maximum atomic E-state index is 12.3. The first-order valence-electron chi connectivity index (χ1n) is 11.8. The molecule has 0 saturated heterocycles. The molecule has 0 heterocycles. The van der Waals surface area contributed by atoms with Crippen LogP contribution in [0.2, 0.25) is 0 Å². The number of thiocyanates is 1. The number of unbranched alkanes of at least 4 members (excludes halogenated alkanes) is 1. The van der Waals surface area contributed by atoms with Gasteiger partial charge in [-0.25, -0.2) is 4.79 Å². The Balaban J connectivity index is 0.000000856. The van der Waals surface area contributed by atoms with E-state index in [0.717, 1.165) is 23.1 Å². The highest BCUT2D eigenvalue weighted by atomic mass is 32.2. The number of nitrogens with zero attached hydrogens (tertiary/aromatic N) is 2. The van der Waals surface area contributed by atoms with E-state index in [4.69, 9.17) is 19.5 Å². The van der Waals surface area contributed by atoms with Gasteiger partial charge >= 0.3 is 11.9 Å². The van der Waals surface area contributed by atoms with Gasteiger partial charge in [0.05, 0.1) is 13.0 Å². The van der Waals surface area contributed by atoms with Crippen LogP contribution in [0.1, 0.15) is 49.9 Å². The number of carbonyl (C=O) groups excluding carboxylic acids is 3. The predicted octanol–water partition coefficient (Wildman–Crippen LogP) is 5.57. The largest absolute Gasteiger partial charge is 0.426 e. The average Bonchev–Trinajstić information content (AvgIpc) is 2.93.